The Hall–Kier alpha value is -1.79. The molecule has 0 spiro atoms. The third-order valence-corrected chi connectivity index (χ3v) is 10.2. The number of aldehydes is 1. The van der Waals surface area contributed by atoms with Gasteiger partial charge in [0.2, 0.25) is 0 Å². The van der Waals surface area contributed by atoms with Crippen LogP contribution in [-0.2, 0) is 18.7 Å². The van der Waals surface area contributed by atoms with E-state index in [1.165, 1.54) is 10.4 Å². The lowest BCUT2D eigenvalue weighted by Gasteiger charge is -2.43. The van der Waals surface area contributed by atoms with Gasteiger partial charge in [-0.2, -0.15) is 0 Å². The summed E-state index contributed by atoms with van der Waals surface area (Å²) in [5.74, 6) is -0.787. The van der Waals surface area contributed by atoms with E-state index >= 15 is 0 Å². The van der Waals surface area contributed by atoms with Crippen LogP contribution in [0.5, 0.6) is 0 Å². The maximum atomic E-state index is 11.5. The minimum absolute atomic E-state index is 0.124. The van der Waals surface area contributed by atoms with Gasteiger partial charge in [0.1, 0.15) is 12.2 Å². The first-order chi connectivity index (χ1) is 13.2. The Labute approximate surface area is 169 Å². The first kappa shape index (κ1) is 20.9. The molecule has 2 atom stereocenters. The Kier molecular flexibility index (Phi) is 5.91. The van der Waals surface area contributed by atoms with Crippen molar-refractivity contribution in [2.75, 3.05) is 6.61 Å². The molecular weight excluding hydrogens is 368 g/mol. The Morgan fingerprint density at radius 2 is 1.46 bits per heavy atom. The normalized spacial score (nSPS) is 22.2. The second-order valence-electron chi connectivity index (χ2n) is 8.75. The zero-order valence-electron chi connectivity index (χ0n) is 17.3. The van der Waals surface area contributed by atoms with E-state index in [9.17, 15) is 4.79 Å². The minimum atomic E-state index is -2.66. The summed E-state index contributed by atoms with van der Waals surface area (Å²) in [6, 6.07) is 20.9. The van der Waals surface area contributed by atoms with Crippen molar-refractivity contribution in [2.45, 2.75) is 57.7 Å². The van der Waals surface area contributed by atoms with Crippen LogP contribution < -0.4 is 10.4 Å². The van der Waals surface area contributed by atoms with Crippen molar-refractivity contribution < 1.29 is 18.7 Å². The Morgan fingerprint density at radius 1 is 0.964 bits per heavy atom. The van der Waals surface area contributed by atoms with Gasteiger partial charge in [0, 0.05) is 0 Å². The molecule has 1 aliphatic rings. The van der Waals surface area contributed by atoms with Crippen molar-refractivity contribution in [1.29, 1.82) is 0 Å². The Bertz CT molecular complexity index is 744. The molecule has 3 rings (SSSR count). The molecule has 1 saturated heterocycles. The number of carbonyl (C=O) groups is 1. The number of ether oxygens (including phenoxy) is 2. The molecule has 2 aromatic carbocycles. The molecule has 2 aromatic rings. The molecule has 0 bridgehead atoms. The molecule has 0 aliphatic carbocycles. The van der Waals surface area contributed by atoms with Crippen molar-refractivity contribution in [3.63, 3.8) is 0 Å². The van der Waals surface area contributed by atoms with Gasteiger partial charge in [-0.3, -0.25) is 0 Å². The fourth-order valence-corrected chi connectivity index (χ4v) is 8.65. The molecule has 1 heterocycles. The van der Waals surface area contributed by atoms with Crippen molar-refractivity contribution in [3.8, 4) is 0 Å². The second-order valence-corrected chi connectivity index (χ2v) is 13.1. The highest BCUT2D eigenvalue weighted by Gasteiger charge is 2.51. The summed E-state index contributed by atoms with van der Waals surface area (Å²) in [7, 11) is -2.66. The molecule has 1 aliphatic heterocycles. The SMILES string of the molecule is CC1(C)O[C@@H](C=O)[C@@H](CO[Si](c2ccccc2)(c2ccccc2)C(C)(C)C)O1. The average molecular weight is 399 g/mol. The highest BCUT2D eigenvalue weighted by Crippen LogP contribution is 2.37. The van der Waals surface area contributed by atoms with Crippen molar-refractivity contribution in [1.82, 2.24) is 0 Å². The van der Waals surface area contributed by atoms with Gasteiger partial charge in [0.05, 0.1) is 6.61 Å². The smallest absolute Gasteiger partial charge is 0.261 e. The zero-order valence-corrected chi connectivity index (χ0v) is 18.3. The first-order valence-electron chi connectivity index (χ1n) is 9.75. The number of hydrogen-bond donors (Lipinski definition) is 0. The summed E-state index contributed by atoms with van der Waals surface area (Å²) in [4.78, 5) is 11.5. The molecule has 4 nitrogen and oxygen atoms in total. The Balaban J connectivity index is 2.03. The molecule has 0 amide bonds. The predicted molar refractivity (Wildman–Crippen MR) is 113 cm³/mol. The van der Waals surface area contributed by atoms with Gasteiger partial charge in [-0.15, -0.1) is 0 Å². The van der Waals surface area contributed by atoms with Gasteiger partial charge in [-0.1, -0.05) is 81.4 Å². The predicted octanol–water partition coefficient (Wildman–Crippen LogP) is 3.28. The largest absolute Gasteiger partial charge is 0.405 e. The van der Waals surface area contributed by atoms with Gasteiger partial charge < -0.3 is 18.7 Å². The second kappa shape index (κ2) is 7.91. The lowest BCUT2D eigenvalue weighted by molar-refractivity contribution is -0.151. The molecule has 5 heteroatoms. The fraction of sp³-hybridized carbons (Fsp3) is 0.435. The molecule has 150 valence electrons. The quantitative estimate of drug-likeness (QED) is 0.553. The summed E-state index contributed by atoms with van der Waals surface area (Å²) >= 11 is 0. The summed E-state index contributed by atoms with van der Waals surface area (Å²) in [6.07, 6.45) is -0.226. The highest BCUT2D eigenvalue weighted by atomic mass is 28.4. The minimum Gasteiger partial charge on any atom is -0.405 e. The van der Waals surface area contributed by atoms with Crippen molar-refractivity contribution in [2.24, 2.45) is 0 Å². The maximum Gasteiger partial charge on any atom is 0.261 e. The van der Waals surface area contributed by atoms with E-state index in [1.807, 2.05) is 26.0 Å². The zero-order chi connectivity index (χ0) is 20.4. The summed E-state index contributed by atoms with van der Waals surface area (Å²) in [5, 5.41) is 2.28. The van der Waals surface area contributed by atoms with Crippen molar-refractivity contribution >= 4 is 25.0 Å². The van der Waals surface area contributed by atoms with E-state index < -0.39 is 26.3 Å². The lowest BCUT2D eigenvalue weighted by Crippen LogP contribution is -2.67. The monoisotopic (exact) mass is 398 g/mol. The molecule has 28 heavy (non-hydrogen) atoms. The van der Waals surface area contributed by atoms with Gasteiger partial charge in [-0.05, 0) is 29.3 Å². The molecule has 0 saturated carbocycles. The lowest BCUT2D eigenvalue weighted by atomic mass is 10.2. The third-order valence-electron chi connectivity index (χ3n) is 5.24. The molecule has 0 radical (unpaired) electrons. The van der Waals surface area contributed by atoms with E-state index in [0.717, 1.165) is 6.29 Å². The topological polar surface area (TPSA) is 44.8 Å². The van der Waals surface area contributed by atoms with Crippen LogP contribution in [0, 0.1) is 0 Å². The van der Waals surface area contributed by atoms with Crippen LogP contribution in [-0.4, -0.2) is 39.2 Å². The number of carbonyl (C=O) groups excluding carboxylic acids is 1. The number of benzene rings is 2. The van der Waals surface area contributed by atoms with Gasteiger partial charge in [0.25, 0.3) is 8.32 Å². The highest BCUT2D eigenvalue weighted by molar-refractivity contribution is 6.99. The standard InChI is InChI=1S/C23H30O4Si/c1-22(2,3)28(18-12-8-6-9-13-18,19-14-10-7-11-15-19)25-17-21-20(16-24)26-23(4,5)27-21/h6-16,20-21H,17H2,1-5H3/t20-,21+/m0/s1. The van der Waals surface area contributed by atoms with Crippen LogP contribution in [0.1, 0.15) is 34.6 Å². The van der Waals surface area contributed by atoms with Gasteiger partial charge in [-0.25, -0.2) is 0 Å². The molecule has 1 fully saturated rings. The van der Waals surface area contributed by atoms with Crippen LogP contribution in [0.15, 0.2) is 60.7 Å². The summed E-state index contributed by atoms with van der Waals surface area (Å²) in [5.41, 5.74) is 0. The van der Waals surface area contributed by atoms with Crippen LogP contribution in [0.25, 0.3) is 0 Å². The van der Waals surface area contributed by atoms with E-state index in [1.54, 1.807) is 0 Å². The van der Waals surface area contributed by atoms with Crippen LogP contribution >= 0.6 is 0 Å². The van der Waals surface area contributed by atoms with Crippen molar-refractivity contribution in [3.05, 3.63) is 60.7 Å². The molecule has 0 aromatic heterocycles. The Morgan fingerprint density at radius 3 is 1.89 bits per heavy atom. The summed E-state index contributed by atoms with van der Waals surface area (Å²) in [6.45, 7) is 10.6. The number of rotatable bonds is 6. The van der Waals surface area contributed by atoms with Crippen LogP contribution in [0.2, 0.25) is 5.04 Å². The molecule has 0 N–H and O–H groups in total. The molecule has 0 unspecified atom stereocenters. The van der Waals surface area contributed by atoms with E-state index in [0.29, 0.717) is 6.61 Å². The molecular formula is C23H30O4Si. The van der Waals surface area contributed by atoms with Gasteiger partial charge >= 0.3 is 0 Å². The first-order valence-corrected chi connectivity index (χ1v) is 11.7. The third kappa shape index (κ3) is 3.98. The van der Waals surface area contributed by atoms with E-state index in [4.69, 9.17) is 13.9 Å². The fourth-order valence-electron chi connectivity index (χ4n) is 4.08. The van der Waals surface area contributed by atoms with Crippen LogP contribution in [0.3, 0.4) is 0 Å². The average Bonchev–Trinajstić information content (AvgIpc) is 2.97. The number of hydrogen-bond acceptors (Lipinski definition) is 4. The van der Waals surface area contributed by atoms with E-state index in [2.05, 4.69) is 69.3 Å². The summed E-state index contributed by atoms with van der Waals surface area (Å²) < 4.78 is 18.5. The maximum absolute atomic E-state index is 11.5. The van der Waals surface area contributed by atoms with Gasteiger partial charge in [0.15, 0.2) is 12.1 Å². The van der Waals surface area contributed by atoms with Crippen LogP contribution in [0.4, 0.5) is 0 Å². The van der Waals surface area contributed by atoms with E-state index in [-0.39, 0.29) is 5.04 Å².